The minimum absolute atomic E-state index is 0.210. The molecule has 2 aliphatic carbocycles. The van der Waals surface area contributed by atoms with Crippen molar-refractivity contribution in [3.8, 4) is 0 Å². The summed E-state index contributed by atoms with van der Waals surface area (Å²) >= 11 is 0. The zero-order valence-corrected chi connectivity index (χ0v) is 16.5. The van der Waals surface area contributed by atoms with Gasteiger partial charge >= 0.3 is 0 Å². The first-order valence-electron chi connectivity index (χ1n) is 10.6. The Hall–Kier alpha value is -0.160. The van der Waals surface area contributed by atoms with E-state index in [0.717, 1.165) is 63.6 Å². The summed E-state index contributed by atoms with van der Waals surface area (Å²) in [5, 5.41) is 0. The Bertz CT molecular complexity index is 450. The normalized spacial score (nSPS) is 45.6. The molecule has 6 atom stereocenters. The molecule has 0 amide bonds. The van der Waals surface area contributed by atoms with Crippen LogP contribution in [0.5, 0.6) is 0 Å². The van der Waals surface area contributed by atoms with Gasteiger partial charge in [0.15, 0.2) is 11.6 Å². The van der Waals surface area contributed by atoms with Gasteiger partial charge in [0, 0.05) is 26.1 Å². The van der Waals surface area contributed by atoms with E-state index in [2.05, 4.69) is 27.7 Å². The van der Waals surface area contributed by atoms with Crippen LogP contribution in [0, 0.1) is 17.3 Å². The van der Waals surface area contributed by atoms with E-state index in [1.807, 2.05) is 0 Å². The monoisotopic (exact) mass is 352 g/mol. The van der Waals surface area contributed by atoms with Gasteiger partial charge in [0.2, 0.25) is 0 Å². The molecule has 2 aliphatic heterocycles. The van der Waals surface area contributed by atoms with E-state index in [-0.39, 0.29) is 11.6 Å². The summed E-state index contributed by atoms with van der Waals surface area (Å²) in [6, 6.07) is 0. The van der Waals surface area contributed by atoms with Crippen LogP contribution in [-0.4, -0.2) is 37.0 Å². The van der Waals surface area contributed by atoms with E-state index in [1.165, 1.54) is 12.8 Å². The molecule has 2 saturated heterocycles. The smallest absolute Gasteiger partial charge is 0.195 e. The van der Waals surface area contributed by atoms with E-state index in [4.69, 9.17) is 18.9 Å². The van der Waals surface area contributed by atoms with Gasteiger partial charge in [-0.2, -0.15) is 0 Å². The Morgan fingerprint density at radius 1 is 0.840 bits per heavy atom. The highest BCUT2D eigenvalue weighted by atomic mass is 16.8. The molecular weight excluding hydrogens is 316 g/mol. The highest BCUT2D eigenvalue weighted by molar-refractivity contribution is 5.07. The zero-order valence-electron chi connectivity index (χ0n) is 16.5. The first-order chi connectivity index (χ1) is 12.0. The van der Waals surface area contributed by atoms with E-state index in [1.54, 1.807) is 0 Å². The van der Waals surface area contributed by atoms with Crippen molar-refractivity contribution >= 4 is 0 Å². The van der Waals surface area contributed by atoms with Gasteiger partial charge in [0.1, 0.15) is 12.2 Å². The van der Waals surface area contributed by atoms with Crippen LogP contribution in [0.15, 0.2) is 0 Å². The molecule has 0 radical (unpaired) electrons. The molecule has 2 saturated carbocycles. The molecule has 0 N–H and O–H groups in total. The molecule has 0 aromatic heterocycles. The van der Waals surface area contributed by atoms with Crippen molar-refractivity contribution in [2.24, 2.45) is 17.3 Å². The maximum Gasteiger partial charge on any atom is 0.195 e. The Morgan fingerprint density at radius 2 is 1.28 bits per heavy atom. The van der Waals surface area contributed by atoms with Crippen molar-refractivity contribution in [1.29, 1.82) is 0 Å². The lowest BCUT2D eigenvalue weighted by Crippen LogP contribution is -2.41. The first-order valence-corrected chi connectivity index (χ1v) is 10.6. The van der Waals surface area contributed by atoms with Crippen molar-refractivity contribution in [3.05, 3.63) is 0 Å². The van der Waals surface area contributed by atoms with E-state index >= 15 is 0 Å². The molecule has 4 nitrogen and oxygen atoms in total. The van der Waals surface area contributed by atoms with Crippen LogP contribution in [0.1, 0.15) is 79.1 Å². The Morgan fingerprint density at radius 3 is 1.64 bits per heavy atom. The van der Waals surface area contributed by atoms with Gasteiger partial charge in [0.05, 0.1) is 0 Å². The van der Waals surface area contributed by atoms with Gasteiger partial charge in [-0.25, -0.2) is 0 Å². The van der Waals surface area contributed by atoms with Gasteiger partial charge in [0.25, 0.3) is 0 Å². The molecule has 0 aromatic carbocycles. The predicted molar refractivity (Wildman–Crippen MR) is 96.2 cm³/mol. The van der Waals surface area contributed by atoms with Gasteiger partial charge in [-0.3, -0.25) is 0 Å². The third-order valence-electron chi connectivity index (χ3n) is 7.44. The zero-order chi connectivity index (χ0) is 17.7. The molecule has 144 valence electrons. The third-order valence-corrected chi connectivity index (χ3v) is 7.44. The van der Waals surface area contributed by atoms with Crippen LogP contribution in [0.2, 0.25) is 0 Å². The summed E-state index contributed by atoms with van der Waals surface area (Å²) < 4.78 is 24.0. The summed E-state index contributed by atoms with van der Waals surface area (Å²) in [4.78, 5) is 0. The van der Waals surface area contributed by atoms with Crippen molar-refractivity contribution in [2.75, 3.05) is 13.2 Å². The molecule has 6 unspecified atom stereocenters. The van der Waals surface area contributed by atoms with Gasteiger partial charge in [-0.05, 0) is 55.8 Å². The average Bonchev–Trinajstić information content (AvgIpc) is 3.49. The molecule has 0 aromatic rings. The quantitative estimate of drug-likeness (QED) is 0.596. The molecule has 4 aliphatic rings. The Kier molecular flexibility index (Phi) is 4.71. The second-order valence-corrected chi connectivity index (χ2v) is 9.30. The number of fused-ring (bicyclic) bond motifs is 2. The predicted octanol–water partition coefficient (Wildman–Crippen LogP) is 4.66. The van der Waals surface area contributed by atoms with Gasteiger partial charge in [-0.15, -0.1) is 0 Å². The van der Waals surface area contributed by atoms with Gasteiger partial charge in [-0.1, -0.05) is 27.7 Å². The number of hydrogen-bond donors (Lipinski definition) is 0. The van der Waals surface area contributed by atoms with Crippen molar-refractivity contribution in [3.63, 3.8) is 0 Å². The number of epoxide rings is 2. The molecule has 2 heterocycles. The average molecular weight is 353 g/mol. The largest absolute Gasteiger partial charge is 0.347 e. The summed E-state index contributed by atoms with van der Waals surface area (Å²) in [5.41, 5.74) is 0.339. The fourth-order valence-corrected chi connectivity index (χ4v) is 5.44. The Labute approximate surface area is 152 Å². The van der Waals surface area contributed by atoms with Crippen LogP contribution < -0.4 is 0 Å². The van der Waals surface area contributed by atoms with Crippen LogP contribution in [0.25, 0.3) is 0 Å². The summed E-state index contributed by atoms with van der Waals surface area (Å²) in [6.07, 6.45) is 9.74. The molecule has 25 heavy (non-hydrogen) atoms. The van der Waals surface area contributed by atoms with Crippen LogP contribution in [0.4, 0.5) is 0 Å². The maximum atomic E-state index is 6.02. The molecule has 0 bridgehead atoms. The molecule has 4 heteroatoms. The SMILES string of the molecule is CCCOC12CCC(C(C)(C)C3CCC4(OCCC)OC4C3)CC1O2. The number of rotatable bonds is 8. The molecule has 4 fully saturated rings. The lowest BCUT2D eigenvalue weighted by atomic mass is 9.60. The minimum Gasteiger partial charge on any atom is -0.347 e. The molecule has 4 rings (SSSR count). The van der Waals surface area contributed by atoms with Crippen molar-refractivity contribution in [2.45, 2.75) is 103 Å². The minimum atomic E-state index is -0.210. The summed E-state index contributed by atoms with van der Waals surface area (Å²) in [6.45, 7) is 10.9. The highest BCUT2D eigenvalue weighted by Crippen LogP contribution is 2.60. The number of hydrogen-bond acceptors (Lipinski definition) is 4. The van der Waals surface area contributed by atoms with Crippen LogP contribution >= 0.6 is 0 Å². The fraction of sp³-hybridized carbons (Fsp3) is 1.00. The summed E-state index contributed by atoms with van der Waals surface area (Å²) in [7, 11) is 0. The second kappa shape index (κ2) is 6.47. The van der Waals surface area contributed by atoms with E-state index < -0.39 is 0 Å². The Balaban J connectivity index is 1.32. The first kappa shape index (κ1) is 18.2. The number of ether oxygens (including phenoxy) is 4. The van der Waals surface area contributed by atoms with Crippen molar-refractivity contribution in [1.82, 2.24) is 0 Å². The lowest BCUT2D eigenvalue weighted by molar-refractivity contribution is -0.0710. The van der Waals surface area contributed by atoms with E-state index in [9.17, 15) is 0 Å². The second-order valence-electron chi connectivity index (χ2n) is 9.30. The maximum absolute atomic E-state index is 6.02. The van der Waals surface area contributed by atoms with Gasteiger partial charge < -0.3 is 18.9 Å². The van der Waals surface area contributed by atoms with Crippen LogP contribution in [0.3, 0.4) is 0 Å². The third kappa shape index (κ3) is 3.18. The molecule has 0 spiro atoms. The summed E-state index contributed by atoms with van der Waals surface area (Å²) in [5.74, 6) is 1.04. The topological polar surface area (TPSA) is 43.5 Å². The standard InChI is InChI=1S/C21H36O4/c1-5-11-22-20-9-7-15(13-17(20)24-20)19(3,4)16-8-10-21(23-12-6-2)18(14-16)25-21/h15-18H,5-14H2,1-4H3. The molecular formula is C21H36O4. The highest BCUT2D eigenvalue weighted by Gasteiger charge is 2.65. The van der Waals surface area contributed by atoms with E-state index in [0.29, 0.717) is 17.6 Å². The lowest BCUT2D eigenvalue weighted by Gasteiger charge is -2.44. The van der Waals surface area contributed by atoms with Crippen LogP contribution in [-0.2, 0) is 18.9 Å². The van der Waals surface area contributed by atoms with Crippen molar-refractivity contribution < 1.29 is 18.9 Å². The fourth-order valence-electron chi connectivity index (χ4n) is 5.44.